The van der Waals surface area contributed by atoms with Gasteiger partial charge in [-0.25, -0.2) is 0 Å². The number of nitrogens with zero attached hydrogens (tertiary/aromatic N) is 2. The Morgan fingerprint density at radius 1 is 0.633 bits per heavy atom. The Morgan fingerprint density at radius 2 is 1.33 bits per heavy atom. The van der Waals surface area contributed by atoms with E-state index < -0.39 is 0 Å². The molecule has 0 amide bonds. The smallest absolute Gasteiger partial charge is 0.0746 e. The summed E-state index contributed by atoms with van der Waals surface area (Å²) in [7, 11) is 0. The number of rotatable bonds is 3. The van der Waals surface area contributed by atoms with Crippen molar-refractivity contribution in [3.05, 3.63) is 114 Å². The summed E-state index contributed by atoms with van der Waals surface area (Å²) in [5.74, 6) is 0. The highest BCUT2D eigenvalue weighted by atomic mass is 35.5. The molecular weight excluding hydrogens is 388 g/mol. The molecule has 0 fully saturated rings. The summed E-state index contributed by atoms with van der Waals surface area (Å²) < 4.78 is 4.56. The predicted octanol–water partition coefficient (Wildman–Crippen LogP) is 7.44. The first-order valence-corrected chi connectivity index (χ1v) is 10.5. The Kier molecular flexibility index (Phi) is 3.93. The zero-order valence-electron chi connectivity index (χ0n) is 16.3. The van der Waals surface area contributed by atoms with Crippen LogP contribution in [0.25, 0.3) is 38.4 Å². The van der Waals surface area contributed by atoms with Gasteiger partial charge in [-0.1, -0.05) is 78.3 Å². The molecule has 2 aromatic heterocycles. The fraction of sp³-hybridized carbons (Fsp3) is 0.0370. The second-order valence-electron chi connectivity index (χ2n) is 7.64. The summed E-state index contributed by atoms with van der Waals surface area (Å²) >= 11 is 7.08. The number of para-hydroxylation sites is 2. The molecule has 0 aliphatic carbocycles. The first kappa shape index (κ1) is 17.4. The van der Waals surface area contributed by atoms with Crippen LogP contribution in [0.3, 0.4) is 0 Å². The molecule has 0 saturated heterocycles. The maximum atomic E-state index is 7.08. The van der Waals surface area contributed by atoms with Gasteiger partial charge in [0.2, 0.25) is 0 Å². The third-order valence-corrected chi connectivity index (χ3v) is 6.24. The minimum atomic E-state index is 0.800. The highest BCUT2D eigenvalue weighted by Crippen LogP contribution is 2.40. The van der Waals surface area contributed by atoms with E-state index in [4.69, 9.17) is 11.6 Å². The highest BCUT2D eigenvalue weighted by molar-refractivity contribution is 6.41. The van der Waals surface area contributed by atoms with Crippen molar-refractivity contribution in [2.45, 2.75) is 6.54 Å². The van der Waals surface area contributed by atoms with E-state index in [1.165, 1.54) is 21.9 Å². The van der Waals surface area contributed by atoms with E-state index in [0.717, 1.165) is 33.7 Å². The van der Waals surface area contributed by atoms with E-state index in [9.17, 15) is 0 Å². The Hall–Kier alpha value is -3.49. The summed E-state index contributed by atoms with van der Waals surface area (Å²) in [6, 6.07) is 33.9. The molecule has 0 aliphatic rings. The van der Waals surface area contributed by atoms with Gasteiger partial charge in [0.25, 0.3) is 0 Å². The van der Waals surface area contributed by atoms with Gasteiger partial charge in [0.05, 0.1) is 21.6 Å². The molecule has 0 spiro atoms. The SMILES string of the molecule is Clc1c2ccn(Cc3ccccc3)c2cc2c3ccccc3n(-c3ccccc3)c12. The van der Waals surface area contributed by atoms with E-state index in [1.54, 1.807) is 0 Å². The quantitative estimate of drug-likeness (QED) is 0.289. The lowest BCUT2D eigenvalue weighted by molar-refractivity contribution is 0.837. The molecule has 2 nitrogen and oxygen atoms in total. The van der Waals surface area contributed by atoms with Crippen LogP contribution in [0.4, 0.5) is 0 Å². The van der Waals surface area contributed by atoms with Gasteiger partial charge in [-0.05, 0) is 35.9 Å². The van der Waals surface area contributed by atoms with Gasteiger partial charge >= 0.3 is 0 Å². The number of hydrogen-bond acceptors (Lipinski definition) is 0. The van der Waals surface area contributed by atoms with Crippen LogP contribution in [0.2, 0.25) is 5.02 Å². The summed E-state index contributed by atoms with van der Waals surface area (Å²) in [6.07, 6.45) is 2.14. The number of fused-ring (bicyclic) bond motifs is 4. The maximum Gasteiger partial charge on any atom is 0.0746 e. The molecular formula is C27H19ClN2. The van der Waals surface area contributed by atoms with Crippen molar-refractivity contribution < 1.29 is 0 Å². The second-order valence-corrected chi connectivity index (χ2v) is 8.01. The molecule has 6 aromatic rings. The maximum absolute atomic E-state index is 7.08. The summed E-state index contributed by atoms with van der Waals surface area (Å²) in [5.41, 5.74) is 5.79. The van der Waals surface area contributed by atoms with E-state index in [0.29, 0.717) is 0 Å². The van der Waals surface area contributed by atoms with Crippen molar-refractivity contribution in [1.29, 1.82) is 0 Å². The molecule has 0 bridgehead atoms. The molecule has 0 atom stereocenters. The molecule has 3 heteroatoms. The molecule has 4 aromatic carbocycles. The largest absolute Gasteiger partial charge is 0.343 e. The Morgan fingerprint density at radius 3 is 2.13 bits per heavy atom. The fourth-order valence-corrected chi connectivity index (χ4v) is 4.83. The normalized spacial score (nSPS) is 11.6. The van der Waals surface area contributed by atoms with Crippen molar-refractivity contribution in [1.82, 2.24) is 9.13 Å². The van der Waals surface area contributed by atoms with Gasteiger partial charge in [0, 0.05) is 34.6 Å². The van der Waals surface area contributed by atoms with E-state index in [2.05, 4.69) is 106 Å². The van der Waals surface area contributed by atoms with Crippen molar-refractivity contribution in [3.8, 4) is 5.69 Å². The van der Waals surface area contributed by atoms with Crippen molar-refractivity contribution in [2.24, 2.45) is 0 Å². The Bertz CT molecular complexity index is 1510. The number of halogens is 1. The zero-order valence-corrected chi connectivity index (χ0v) is 17.1. The Labute approximate surface area is 179 Å². The van der Waals surface area contributed by atoms with Crippen molar-refractivity contribution >= 4 is 44.3 Å². The van der Waals surface area contributed by atoms with Crippen LogP contribution in [0.5, 0.6) is 0 Å². The van der Waals surface area contributed by atoms with Crippen LogP contribution in [0.1, 0.15) is 5.56 Å². The molecule has 0 N–H and O–H groups in total. The van der Waals surface area contributed by atoms with E-state index in [1.807, 2.05) is 6.07 Å². The van der Waals surface area contributed by atoms with E-state index in [-0.39, 0.29) is 0 Å². The first-order chi connectivity index (χ1) is 14.8. The third-order valence-electron chi connectivity index (χ3n) is 5.86. The van der Waals surface area contributed by atoms with Crippen LogP contribution >= 0.6 is 11.6 Å². The minimum Gasteiger partial charge on any atom is -0.343 e. The molecule has 0 saturated carbocycles. The summed E-state index contributed by atoms with van der Waals surface area (Å²) in [5, 5.41) is 4.28. The van der Waals surface area contributed by atoms with Gasteiger partial charge in [0.15, 0.2) is 0 Å². The van der Waals surface area contributed by atoms with E-state index >= 15 is 0 Å². The lowest BCUT2D eigenvalue weighted by Crippen LogP contribution is -1.98. The van der Waals surface area contributed by atoms with Gasteiger partial charge in [-0.15, -0.1) is 0 Å². The predicted molar refractivity (Wildman–Crippen MR) is 127 cm³/mol. The van der Waals surface area contributed by atoms with Crippen molar-refractivity contribution in [2.75, 3.05) is 0 Å². The average molecular weight is 407 g/mol. The summed E-state index contributed by atoms with van der Waals surface area (Å²) in [4.78, 5) is 0. The molecule has 30 heavy (non-hydrogen) atoms. The first-order valence-electron chi connectivity index (χ1n) is 10.1. The number of hydrogen-bond donors (Lipinski definition) is 0. The second kappa shape index (κ2) is 6.79. The van der Waals surface area contributed by atoms with Crippen LogP contribution in [0.15, 0.2) is 103 Å². The number of aromatic nitrogens is 2. The van der Waals surface area contributed by atoms with Crippen LogP contribution < -0.4 is 0 Å². The standard InChI is InChI=1S/C27H19ClN2/c28-26-22-15-16-29(18-19-9-3-1-4-10-19)25(22)17-23-21-13-7-8-14-24(21)30(27(23)26)20-11-5-2-6-12-20/h1-17H,18H2. The molecule has 0 unspecified atom stereocenters. The van der Waals surface area contributed by atoms with Gasteiger partial charge in [-0.2, -0.15) is 0 Å². The molecule has 6 rings (SSSR count). The molecule has 144 valence electrons. The molecule has 2 heterocycles. The van der Waals surface area contributed by atoms with Gasteiger partial charge < -0.3 is 9.13 Å². The zero-order chi connectivity index (χ0) is 20.1. The molecule has 0 radical (unpaired) electrons. The number of benzene rings is 4. The minimum absolute atomic E-state index is 0.800. The monoisotopic (exact) mass is 406 g/mol. The van der Waals surface area contributed by atoms with Crippen molar-refractivity contribution in [3.63, 3.8) is 0 Å². The average Bonchev–Trinajstić information content (AvgIpc) is 3.35. The van der Waals surface area contributed by atoms with Gasteiger partial charge in [0.1, 0.15) is 0 Å². The van der Waals surface area contributed by atoms with Crippen LogP contribution in [0, 0.1) is 0 Å². The Balaban J connectivity index is 1.68. The third kappa shape index (κ3) is 2.58. The van der Waals surface area contributed by atoms with Crippen LogP contribution in [-0.4, -0.2) is 9.13 Å². The lowest BCUT2D eigenvalue weighted by Gasteiger charge is -2.10. The lowest BCUT2D eigenvalue weighted by atomic mass is 10.1. The van der Waals surface area contributed by atoms with Gasteiger partial charge in [-0.3, -0.25) is 0 Å². The highest BCUT2D eigenvalue weighted by Gasteiger charge is 2.18. The topological polar surface area (TPSA) is 9.86 Å². The van der Waals surface area contributed by atoms with Crippen LogP contribution in [-0.2, 0) is 6.54 Å². The summed E-state index contributed by atoms with van der Waals surface area (Å²) in [6.45, 7) is 0.823. The fourth-order valence-electron chi connectivity index (χ4n) is 4.49. The molecule has 0 aliphatic heterocycles.